The van der Waals surface area contributed by atoms with Gasteiger partial charge in [-0.05, 0) is 24.0 Å². The van der Waals surface area contributed by atoms with Gasteiger partial charge in [-0.1, -0.05) is 36.4 Å². The van der Waals surface area contributed by atoms with Crippen molar-refractivity contribution in [2.45, 2.75) is 24.7 Å². The van der Waals surface area contributed by atoms with Gasteiger partial charge >= 0.3 is 0 Å². The smallest absolute Gasteiger partial charge is 0.203 e. The van der Waals surface area contributed by atoms with Crippen LogP contribution in [-0.4, -0.2) is 51.2 Å². The van der Waals surface area contributed by atoms with E-state index in [9.17, 15) is 10.1 Å². The van der Waals surface area contributed by atoms with E-state index in [-0.39, 0.29) is 17.3 Å². The quantitative estimate of drug-likeness (QED) is 0.677. The minimum absolute atomic E-state index is 0.00860. The van der Waals surface area contributed by atoms with Crippen molar-refractivity contribution in [3.05, 3.63) is 76.3 Å². The van der Waals surface area contributed by atoms with Crippen LogP contribution < -0.4 is 19.9 Å². The molecule has 0 bridgehead atoms. The summed E-state index contributed by atoms with van der Waals surface area (Å²) in [6.45, 7) is 0. The Morgan fingerprint density at radius 1 is 1.00 bits per heavy atom. The molecule has 0 saturated heterocycles. The number of carbonyl (C=O) groups is 1. The van der Waals surface area contributed by atoms with Gasteiger partial charge in [0.2, 0.25) is 5.75 Å². The van der Waals surface area contributed by atoms with Crippen molar-refractivity contribution >= 4 is 5.78 Å². The molecular formula is C27H30N4O4. The molecule has 2 aliphatic rings. The highest BCUT2D eigenvalue weighted by molar-refractivity contribution is 6.00. The van der Waals surface area contributed by atoms with Crippen molar-refractivity contribution in [3.63, 3.8) is 0 Å². The fourth-order valence-electron chi connectivity index (χ4n) is 5.19. The highest BCUT2D eigenvalue weighted by Crippen LogP contribution is 2.52. The van der Waals surface area contributed by atoms with Crippen LogP contribution in [0.3, 0.4) is 0 Å². The van der Waals surface area contributed by atoms with Crippen molar-refractivity contribution < 1.29 is 19.0 Å². The van der Waals surface area contributed by atoms with Gasteiger partial charge in [-0.15, -0.1) is 0 Å². The maximum Gasteiger partial charge on any atom is 0.203 e. The van der Waals surface area contributed by atoms with Gasteiger partial charge < -0.3 is 19.9 Å². The summed E-state index contributed by atoms with van der Waals surface area (Å²) < 4.78 is 16.8. The highest BCUT2D eigenvalue weighted by atomic mass is 16.5. The Morgan fingerprint density at radius 2 is 1.69 bits per heavy atom. The largest absolute Gasteiger partial charge is 0.493 e. The molecule has 0 saturated carbocycles. The summed E-state index contributed by atoms with van der Waals surface area (Å²) in [4.78, 5) is 13.8. The fraction of sp³-hybridized carbons (Fsp3) is 0.333. The van der Waals surface area contributed by atoms with Crippen LogP contribution in [0.5, 0.6) is 17.2 Å². The molecule has 0 amide bonds. The standard InChI is InChI=1S/C27H30N4O4/c1-30(2)31-20-13-17(16-9-7-6-8-10-16)14-21(32)24(20)23(19(15-28)27(31)29)18-11-12-22(33-3)26(35-5)25(18)34-4/h6-12,17,23H,13-14,29H2,1-5H3. The maximum atomic E-state index is 13.8. The summed E-state index contributed by atoms with van der Waals surface area (Å²) >= 11 is 0. The zero-order chi connectivity index (χ0) is 25.3. The lowest BCUT2D eigenvalue weighted by Crippen LogP contribution is -2.46. The summed E-state index contributed by atoms with van der Waals surface area (Å²) in [7, 11) is 8.29. The molecule has 2 atom stereocenters. The lowest BCUT2D eigenvalue weighted by Gasteiger charge is -2.44. The number of methoxy groups -OCH3 is 3. The zero-order valence-corrected chi connectivity index (χ0v) is 20.7. The summed E-state index contributed by atoms with van der Waals surface area (Å²) in [5.74, 6) is 0.877. The molecule has 8 heteroatoms. The number of nitrogens with zero attached hydrogens (tertiary/aromatic N) is 3. The Labute approximate surface area is 205 Å². The molecule has 35 heavy (non-hydrogen) atoms. The number of Topliss-reactive ketones (excluding diaryl/α,β-unsaturated/α-hetero) is 1. The molecule has 0 spiro atoms. The number of ketones is 1. The lowest BCUT2D eigenvalue weighted by molar-refractivity contribution is -0.117. The van der Waals surface area contributed by atoms with Crippen molar-refractivity contribution in [1.29, 1.82) is 5.26 Å². The number of hydrazine groups is 1. The Hall–Kier alpha value is -3.96. The normalized spacial score (nSPS) is 20.0. The van der Waals surface area contributed by atoms with E-state index < -0.39 is 5.92 Å². The van der Waals surface area contributed by atoms with Crippen LogP contribution in [0.1, 0.15) is 35.8 Å². The molecule has 1 aliphatic carbocycles. The Bertz CT molecular complexity index is 1240. The van der Waals surface area contributed by atoms with Crippen molar-refractivity contribution in [2.75, 3.05) is 35.4 Å². The number of nitrogens with two attached hydrogens (primary N) is 1. The van der Waals surface area contributed by atoms with Crippen molar-refractivity contribution in [1.82, 2.24) is 10.0 Å². The first-order valence-corrected chi connectivity index (χ1v) is 11.3. The molecule has 182 valence electrons. The molecular weight excluding hydrogens is 444 g/mol. The third-order valence-electron chi connectivity index (χ3n) is 6.66. The highest BCUT2D eigenvalue weighted by Gasteiger charge is 2.44. The molecule has 2 aromatic carbocycles. The lowest BCUT2D eigenvalue weighted by atomic mass is 9.72. The number of nitriles is 1. The molecule has 4 rings (SSSR count). The summed E-state index contributed by atoms with van der Waals surface area (Å²) in [5, 5.41) is 13.8. The predicted molar refractivity (Wildman–Crippen MR) is 132 cm³/mol. The van der Waals surface area contributed by atoms with Crippen LogP contribution in [0.15, 0.2) is 65.1 Å². The third-order valence-corrected chi connectivity index (χ3v) is 6.66. The molecule has 1 aliphatic heterocycles. The van der Waals surface area contributed by atoms with E-state index in [0.29, 0.717) is 47.0 Å². The molecule has 2 unspecified atom stereocenters. The Balaban J connectivity index is 1.97. The topological polar surface area (TPSA) is 101 Å². The molecule has 1 heterocycles. The molecule has 8 nitrogen and oxygen atoms in total. The SMILES string of the molecule is COc1ccc(C2C(C#N)=C(N)N(N(C)C)C3=C2C(=O)CC(c2ccccc2)C3)c(OC)c1OC. The predicted octanol–water partition coefficient (Wildman–Crippen LogP) is 3.68. The second kappa shape index (κ2) is 9.72. The van der Waals surface area contributed by atoms with Gasteiger partial charge in [0.25, 0.3) is 0 Å². The van der Waals surface area contributed by atoms with E-state index in [1.54, 1.807) is 18.2 Å². The van der Waals surface area contributed by atoms with E-state index in [1.165, 1.54) is 14.2 Å². The van der Waals surface area contributed by atoms with Gasteiger partial charge in [0.1, 0.15) is 5.82 Å². The number of hydrogen-bond donors (Lipinski definition) is 1. The average molecular weight is 475 g/mol. The average Bonchev–Trinajstić information content (AvgIpc) is 2.86. The number of rotatable bonds is 6. The van der Waals surface area contributed by atoms with Crippen LogP contribution in [-0.2, 0) is 4.79 Å². The number of benzene rings is 2. The first-order chi connectivity index (χ1) is 16.9. The van der Waals surface area contributed by atoms with Gasteiger partial charge in [0.05, 0.1) is 38.9 Å². The van der Waals surface area contributed by atoms with E-state index in [1.807, 2.05) is 55.5 Å². The van der Waals surface area contributed by atoms with Gasteiger partial charge in [0.15, 0.2) is 17.3 Å². The second-order valence-electron chi connectivity index (χ2n) is 8.73. The number of ether oxygens (including phenoxy) is 3. The van der Waals surface area contributed by atoms with Crippen LogP contribution in [0.2, 0.25) is 0 Å². The zero-order valence-electron chi connectivity index (χ0n) is 20.7. The fourth-order valence-corrected chi connectivity index (χ4v) is 5.19. The summed E-state index contributed by atoms with van der Waals surface area (Å²) in [6, 6.07) is 15.8. The summed E-state index contributed by atoms with van der Waals surface area (Å²) in [6.07, 6.45) is 0.948. The van der Waals surface area contributed by atoms with Crippen LogP contribution in [0.25, 0.3) is 0 Å². The maximum absolute atomic E-state index is 13.8. The van der Waals surface area contributed by atoms with Crippen molar-refractivity contribution in [3.8, 4) is 23.3 Å². The van der Waals surface area contributed by atoms with E-state index >= 15 is 0 Å². The summed E-state index contributed by atoms with van der Waals surface area (Å²) in [5.41, 5.74) is 9.97. The minimum atomic E-state index is -0.690. The first-order valence-electron chi connectivity index (χ1n) is 11.3. The van der Waals surface area contributed by atoms with E-state index in [4.69, 9.17) is 19.9 Å². The second-order valence-corrected chi connectivity index (χ2v) is 8.73. The van der Waals surface area contributed by atoms with E-state index in [0.717, 1.165) is 11.3 Å². The van der Waals surface area contributed by atoms with Crippen LogP contribution >= 0.6 is 0 Å². The molecule has 0 radical (unpaired) electrons. The number of hydrogen-bond acceptors (Lipinski definition) is 8. The molecule has 0 fully saturated rings. The van der Waals surface area contributed by atoms with Crippen LogP contribution in [0, 0.1) is 11.3 Å². The first kappa shape index (κ1) is 24.2. The number of carbonyl (C=O) groups excluding carboxylic acids is 1. The molecule has 2 aromatic rings. The third kappa shape index (κ3) is 3.98. The Morgan fingerprint density at radius 3 is 2.26 bits per heavy atom. The molecule has 0 aromatic heterocycles. The minimum Gasteiger partial charge on any atom is -0.493 e. The monoisotopic (exact) mass is 474 g/mol. The van der Waals surface area contributed by atoms with Gasteiger partial charge in [0, 0.05) is 37.3 Å². The number of allylic oxidation sites excluding steroid dienone is 3. The van der Waals surface area contributed by atoms with Gasteiger partial charge in [-0.25, -0.2) is 5.01 Å². The van der Waals surface area contributed by atoms with Gasteiger partial charge in [-0.2, -0.15) is 5.26 Å². The van der Waals surface area contributed by atoms with E-state index in [2.05, 4.69) is 6.07 Å². The Kier molecular flexibility index (Phi) is 6.72. The van der Waals surface area contributed by atoms with Crippen molar-refractivity contribution in [2.24, 2.45) is 5.73 Å². The van der Waals surface area contributed by atoms with Crippen LogP contribution in [0.4, 0.5) is 0 Å². The molecule has 2 N–H and O–H groups in total. The van der Waals surface area contributed by atoms with Gasteiger partial charge in [-0.3, -0.25) is 9.80 Å².